The number of nitrogens with zero attached hydrogens (tertiary/aromatic N) is 2. The van der Waals surface area contributed by atoms with E-state index in [9.17, 15) is 8.42 Å². The minimum absolute atomic E-state index is 0.0640. The Morgan fingerprint density at radius 1 is 1.44 bits per heavy atom. The van der Waals surface area contributed by atoms with Crippen LogP contribution in [-0.2, 0) is 14.6 Å². The van der Waals surface area contributed by atoms with Gasteiger partial charge >= 0.3 is 0 Å². The molecule has 1 aliphatic heterocycles. The fourth-order valence-electron chi connectivity index (χ4n) is 1.34. The van der Waals surface area contributed by atoms with Gasteiger partial charge in [0.1, 0.15) is 0 Å². The molecule has 0 saturated carbocycles. The molecule has 1 aliphatic rings. The molecular formula is C9H19N3O3S. The van der Waals surface area contributed by atoms with Gasteiger partial charge in [0.25, 0.3) is 0 Å². The van der Waals surface area contributed by atoms with Gasteiger partial charge in [-0.15, -0.1) is 0 Å². The molecule has 0 unspecified atom stereocenters. The normalized spacial score (nSPS) is 18.8. The summed E-state index contributed by atoms with van der Waals surface area (Å²) in [5.74, 6) is 0.628. The minimum atomic E-state index is -2.95. The number of ether oxygens (including phenoxy) is 1. The maximum Gasteiger partial charge on any atom is 0.191 e. The molecule has 0 aromatic carbocycles. The quantitative estimate of drug-likeness (QED) is 0.514. The molecule has 0 aromatic rings. The molecule has 0 bridgehead atoms. The fourth-order valence-corrected chi connectivity index (χ4v) is 1.99. The van der Waals surface area contributed by atoms with Crippen molar-refractivity contribution in [1.82, 2.24) is 4.90 Å². The summed E-state index contributed by atoms with van der Waals surface area (Å²) in [6.07, 6.45) is 0. The number of nitrogens with two attached hydrogens (primary N) is 1. The first-order chi connectivity index (χ1) is 7.55. The highest BCUT2D eigenvalue weighted by molar-refractivity contribution is 7.91. The summed E-state index contributed by atoms with van der Waals surface area (Å²) in [6.45, 7) is 4.59. The lowest BCUT2D eigenvalue weighted by molar-refractivity contribution is 0.0674. The van der Waals surface area contributed by atoms with E-state index in [1.807, 2.05) is 4.90 Å². The Hall–Kier alpha value is -0.820. The smallest absolute Gasteiger partial charge is 0.191 e. The van der Waals surface area contributed by atoms with E-state index < -0.39 is 9.84 Å². The first-order valence-electron chi connectivity index (χ1n) is 5.38. The topological polar surface area (TPSA) is 85.0 Å². The SMILES string of the molecule is CCS(=O)(=O)CCN=C(N)N1CCOCC1. The van der Waals surface area contributed by atoms with Gasteiger partial charge in [0.2, 0.25) is 0 Å². The fraction of sp³-hybridized carbons (Fsp3) is 0.889. The lowest BCUT2D eigenvalue weighted by Gasteiger charge is -2.27. The summed E-state index contributed by atoms with van der Waals surface area (Å²) in [5, 5.41) is 0. The van der Waals surface area contributed by atoms with E-state index in [2.05, 4.69) is 4.99 Å². The monoisotopic (exact) mass is 249 g/mol. The van der Waals surface area contributed by atoms with E-state index in [0.29, 0.717) is 19.2 Å². The highest BCUT2D eigenvalue weighted by Crippen LogP contribution is 1.96. The van der Waals surface area contributed by atoms with Crippen molar-refractivity contribution in [3.8, 4) is 0 Å². The molecule has 0 atom stereocenters. The third-order valence-corrected chi connectivity index (χ3v) is 4.14. The Morgan fingerprint density at radius 3 is 2.62 bits per heavy atom. The van der Waals surface area contributed by atoms with Crippen LogP contribution in [0.4, 0.5) is 0 Å². The number of aliphatic imine (C=N–C) groups is 1. The molecule has 2 N–H and O–H groups in total. The van der Waals surface area contributed by atoms with Crippen molar-refractivity contribution < 1.29 is 13.2 Å². The van der Waals surface area contributed by atoms with Gasteiger partial charge in [0, 0.05) is 18.8 Å². The molecular weight excluding hydrogens is 230 g/mol. The molecule has 0 aromatic heterocycles. The Morgan fingerprint density at radius 2 is 2.06 bits per heavy atom. The first kappa shape index (κ1) is 13.2. The number of hydrogen-bond donors (Lipinski definition) is 1. The molecule has 1 rings (SSSR count). The highest BCUT2D eigenvalue weighted by atomic mass is 32.2. The second kappa shape index (κ2) is 6.05. The maximum absolute atomic E-state index is 11.2. The van der Waals surface area contributed by atoms with Crippen LogP contribution in [0.25, 0.3) is 0 Å². The highest BCUT2D eigenvalue weighted by Gasteiger charge is 2.12. The van der Waals surface area contributed by atoms with Crippen molar-refractivity contribution in [1.29, 1.82) is 0 Å². The summed E-state index contributed by atoms with van der Waals surface area (Å²) in [5.41, 5.74) is 5.74. The third kappa shape index (κ3) is 4.36. The van der Waals surface area contributed by atoms with E-state index in [1.54, 1.807) is 6.92 Å². The maximum atomic E-state index is 11.2. The summed E-state index contributed by atoms with van der Waals surface area (Å²) in [6, 6.07) is 0. The Bertz CT molecular complexity index is 334. The van der Waals surface area contributed by atoms with Crippen molar-refractivity contribution in [2.45, 2.75) is 6.92 Å². The zero-order chi connectivity index (χ0) is 12.0. The molecule has 94 valence electrons. The van der Waals surface area contributed by atoms with E-state index in [4.69, 9.17) is 10.5 Å². The van der Waals surface area contributed by atoms with E-state index in [-0.39, 0.29) is 18.1 Å². The van der Waals surface area contributed by atoms with Crippen molar-refractivity contribution in [3.63, 3.8) is 0 Å². The average Bonchev–Trinajstić information content (AvgIpc) is 2.30. The molecule has 0 amide bonds. The first-order valence-corrected chi connectivity index (χ1v) is 7.20. The average molecular weight is 249 g/mol. The summed E-state index contributed by atoms with van der Waals surface area (Å²) >= 11 is 0. The van der Waals surface area contributed by atoms with Crippen LogP contribution in [0.5, 0.6) is 0 Å². The van der Waals surface area contributed by atoms with Gasteiger partial charge in [-0.05, 0) is 0 Å². The molecule has 6 nitrogen and oxygen atoms in total. The van der Waals surface area contributed by atoms with Crippen LogP contribution in [0.2, 0.25) is 0 Å². The predicted octanol–water partition coefficient (Wildman–Crippen LogP) is -0.932. The van der Waals surface area contributed by atoms with E-state index in [1.165, 1.54) is 0 Å². The van der Waals surface area contributed by atoms with Crippen LogP contribution in [0.3, 0.4) is 0 Å². The second-order valence-electron chi connectivity index (χ2n) is 3.58. The van der Waals surface area contributed by atoms with Gasteiger partial charge in [0.15, 0.2) is 15.8 Å². The van der Waals surface area contributed by atoms with Gasteiger partial charge in [-0.2, -0.15) is 0 Å². The Labute approximate surface area is 96.4 Å². The van der Waals surface area contributed by atoms with Crippen molar-refractivity contribution in [2.75, 3.05) is 44.4 Å². The standard InChI is InChI=1S/C9H19N3O3S/c1-2-16(13,14)8-3-11-9(10)12-4-6-15-7-5-12/h2-8H2,1H3,(H2,10,11). The van der Waals surface area contributed by atoms with Gasteiger partial charge in [-0.1, -0.05) is 6.92 Å². The molecule has 7 heteroatoms. The number of hydrogen-bond acceptors (Lipinski definition) is 4. The van der Waals surface area contributed by atoms with Gasteiger partial charge < -0.3 is 15.4 Å². The molecule has 1 saturated heterocycles. The molecule has 1 fully saturated rings. The molecule has 0 radical (unpaired) electrons. The predicted molar refractivity (Wildman–Crippen MR) is 63.2 cm³/mol. The van der Waals surface area contributed by atoms with Gasteiger partial charge in [0.05, 0.1) is 25.5 Å². The number of guanidine groups is 1. The molecule has 0 aliphatic carbocycles. The van der Waals surface area contributed by atoms with Crippen LogP contribution in [0.15, 0.2) is 4.99 Å². The van der Waals surface area contributed by atoms with Crippen molar-refractivity contribution in [3.05, 3.63) is 0 Å². The zero-order valence-electron chi connectivity index (χ0n) is 9.55. The van der Waals surface area contributed by atoms with Crippen LogP contribution in [0.1, 0.15) is 6.92 Å². The minimum Gasteiger partial charge on any atom is -0.378 e. The summed E-state index contributed by atoms with van der Waals surface area (Å²) < 4.78 is 27.6. The molecule has 16 heavy (non-hydrogen) atoms. The largest absolute Gasteiger partial charge is 0.378 e. The van der Waals surface area contributed by atoms with Crippen molar-refractivity contribution in [2.24, 2.45) is 10.7 Å². The molecule has 0 spiro atoms. The molecule has 1 heterocycles. The summed E-state index contributed by atoms with van der Waals surface area (Å²) in [7, 11) is -2.95. The van der Waals surface area contributed by atoms with Gasteiger partial charge in [-0.3, -0.25) is 4.99 Å². The van der Waals surface area contributed by atoms with Gasteiger partial charge in [-0.25, -0.2) is 8.42 Å². The number of sulfone groups is 1. The van der Waals surface area contributed by atoms with Crippen LogP contribution in [-0.4, -0.2) is 63.6 Å². The van der Waals surface area contributed by atoms with Crippen molar-refractivity contribution >= 4 is 15.8 Å². The number of rotatable bonds is 4. The van der Waals surface area contributed by atoms with E-state index in [0.717, 1.165) is 13.1 Å². The Balaban J connectivity index is 2.38. The zero-order valence-corrected chi connectivity index (χ0v) is 10.4. The second-order valence-corrected chi connectivity index (χ2v) is 6.05. The lowest BCUT2D eigenvalue weighted by Crippen LogP contribution is -2.45. The van der Waals surface area contributed by atoms with Crippen LogP contribution in [0, 0.1) is 0 Å². The number of morpholine rings is 1. The lowest BCUT2D eigenvalue weighted by atomic mass is 10.4. The summed E-state index contributed by atoms with van der Waals surface area (Å²) in [4.78, 5) is 5.97. The van der Waals surface area contributed by atoms with E-state index >= 15 is 0 Å². The Kier molecular flexibility index (Phi) is 5.01. The third-order valence-electron chi connectivity index (χ3n) is 2.45. The van der Waals surface area contributed by atoms with Crippen LogP contribution < -0.4 is 5.73 Å². The van der Waals surface area contributed by atoms with Crippen LogP contribution >= 0.6 is 0 Å².